The van der Waals surface area contributed by atoms with Crippen molar-refractivity contribution in [3.63, 3.8) is 0 Å². The second-order valence-corrected chi connectivity index (χ2v) is 5.36. The topological polar surface area (TPSA) is 91.1 Å². The number of hydrogen-bond donors (Lipinski definition) is 3. The van der Waals surface area contributed by atoms with Crippen LogP contribution in [0.15, 0.2) is 11.0 Å². The number of aliphatic hydroxyl groups excluding tert-OH is 2. The van der Waals surface area contributed by atoms with Crippen LogP contribution >= 0.6 is 24.0 Å². The van der Waals surface area contributed by atoms with Crippen LogP contribution in [0, 0.1) is 4.64 Å². The van der Waals surface area contributed by atoms with E-state index in [4.69, 9.17) is 17.3 Å². The zero-order chi connectivity index (χ0) is 11.7. The average molecular weight is 261 g/mol. The normalized spacial score (nSPS) is 29.5. The molecular weight excluding hydrogens is 250 g/mol. The van der Waals surface area contributed by atoms with Gasteiger partial charge in [-0.2, -0.15) is 5.10 Å². The van der Waals surface area contributed by atoms with Gasteiger partial charge in [-0.3, -0.25) is 4.98 Å². The third-order valence-corrected chi connectivity index (χ3v) is 4.12. The van der Waals surface area contributed by atoms with E-state index in [-0.39, 0.29) is 21.9 Å². The number of aromatic amines is 1. The summed E-state index contributed by atoms with van der Waals surface area (Å²) in [5.41, 5.74) is -0.393. The van der Waals surface area contributed by atoms with Crippen LogP contribution in [0.1, 0.15) is 11.8 Å². The van der Waals surface area contributed by atoms with Crippen molar-refractivity contribution in [2.75, 3.05) is 6.61 Å². The van der Waals surface area contributed by atoms with Crippen molar-refractivity contribution < 1.29 is 10.2 Å². The van der Waals surface area contributed by atoms with Crippen LogP contribution < -0.4 is 5.69 Å². The average Bonchev–Trinajstić information content (AvgIpc) is 2.59. The maximum absolute atomic E-state index is 11.5. The minimum atomic E-state index is -0.614. The highest BCUT2D eigenvalue weighted by Crippen LogP contribution is 2.39. The molecule has 0 bridgehead atoms. The summed E-state index contributed by atoms with van der Waals surface area (Å²) in [4.78, 5) is 14.0. The minimum absolute atomic E-state index is 0.111. The van der Waals surface area contributed by atoms with Crippen molar-refractivity contribution in [1.29, 1.82) is 0 Å². The van der Waals surface area contributed by atoms with E-state index in [1.807, 2.05) is 0 Å². The largest absolute Gasteiger partial charge is 0.395 e. The quantitative estimate of drug-likeness (QED) is 0.631. The van der Waals surface area contributed by atoms with Gasteiger partial charge < -0.3 is 10.2 Å². The molecule has 2 heterocycles. The van der Waals surface area contributed by atoms with Gasteiger partial charge in [0.25, 0.3) is 0 Å². The molecule has 2 rings (SSSR count). The van der Waals surface area contributed by atoms with E-state index in [0.717, 1.165) is 0 Å². The van der Waals surface area contributed by atoms with Gasteiger partial charge in [-0.25, -0.2) is 9.48 Å². The van der Waals surface area contributed by atoms with Gasteiger partial charge in [0.05, 0.1) is 24.2 Å². The van der Waals surface area contributed by atoms with E-state index < -0.39 is 11.8 Å². The maximum Gasteiger partial charge on any atom is 0.344 e. The standard InChI is InChI=1S/C8H11N3O3S2/c12-3-5-4(13)1-7(16-5)11-8(14)10-6(15)2-9-11/h2,4-5,7,12-13H,1,3H2,(H,10,14,15)/t4-,5+,7+/m0/s1. The van der Waals surface area contributed by atoms with Gasteiger partial charge in [-0.05, 0) is 0 Å². The fourth-order valence-corrected chi connectivity index (χ4v) is 3.09. The van der Waals surface area contributed by atoms with Crippen molar-refractivity contribution in [3.8, 4) is 0 Å². The Morgan fingerprint density at radius 2 is 2.50 bits per heavy atom. The molecule has 3 atom stereocenters. The SMILES string of the molecule is O=c1[nH]c(=S)cnn1[C@H]1C[C@H](O)[C@@H](CO)S1. The highest BCUT2D eigenvalue weighted by Gasteiger charge is 2.35. The van der Waals surface area contributed by atoms with Crippen molar-refractivity contribution in [3.05, 3.63) is 21.3 Å². The smallest absolute Gasteiger partial charge is 0.344 e. The van der Waals surface area contributed by atoms with E-state index >= 15 is 0 Å². The summed E-state index contributed by atoms with van der Waals surface area (Å²) >= 11 is 6.11. The number of aliphatic hydroxyl groups is 2. The van der Waals surface area contributed by atoms with E-state index in [2.05, 4.69) is 10.1 Å². The van der Waals surface area contributed by atoms with Crippen molar-refractivity contribution in [2.24, 2.45) is 0 Å². The highest BCUT2D eigenvalue weighted by molar-refractivity contribution is 8.00. The zero-order valence-corrected chi connectivity index (χ0v) is 9.87. The van der Waals surface area contributed by atoms with E-state index in [9.17, 15) is 9.90 Å². The van der Waals surface area contributed by atoms with Crippen LogP contribution in [0.3, 0.4) is 0 Å². The Kier molecular flexibility index (Phi) is 3.43. The fraction of sp³-hybridized carbons (Fsp3) is 0.625. The number of hydrogen-bond acceptors (Lipinski definition) is 6. The molecule has 8 heteroatoms. The molecule has 3 N–H and O–H groups in total. The molecule has 6 nitrogen and oxygen atoms in total. The Labute approximate surface area is 100 Å². The molecule has 0 aromatic carbocycles. The van der Waals surface area contributed by atoms with Crippen LogP contribution in [0.25, 0.3) is 0 Å². The Hall–Kier alpha value is -0.700. The molecule has 88 valence electrons. The predicted octanol–water partition coefficient (Wildman–Crippen LogP) is -0.342. The first kappa shape index (κ1) is 11.8. The molecule has 0 aliphatic carbocycles. The van der Waals surface area contributed by atoms with Gasteiger partial charge in [0.2, 0.25) is 0 Å². The van der Waals surface area contributed by atoms with Crippen LogP contribution in [0.4, 0.5) is 0 Å². The summed E-state index contributed by atoms with van der Waals surface area (Å²) in [5, 5.41) is 22.0. The van der Waals surface area contributed by atoms with Crippen molar-refractivity contribution in [1.82, 2.24) is 14.8 Å². The molecule has 0 amide bonds. The number of H-pyrrole nitrogens is 1. The lowest BCUT2D eigenvalue weighted by Gasteiger charge is -2.10. The summed E-state index contributed by atoms with van der Waals surface area (Å²) in [6.07, 6.45) is 1.17. The summed E-state index contributed by atoms with van der Waals surface area (Å²) in [7, 11) is 0. The van der Waals surface area contributed by atoms with Crippen LogP contribution in [-0.4, -0.2) is 42.9 Å². The maximum atomic E-state index is 11.5. The Morgan fingerprint density at radius 1 is 1.75 bits per heavy atom. The number of thioether (sulfide) groups is 1. The molecule has 1 aliphatic rings. The molecule has 0 radical (unpaired) electrons. The fourth-order valence-electron chi connectivity index (χ4n) is 1.60. The van der Waals surface area contributed by atoms with E-state index in [1.165, 1.54) is 22.6 Å². The third kappa shape index (κ3) is 2.19. The molecule has 1 aromatic heterocycles. The first-order valence-corrected chi connectivity index (χ1v) is 6.09. The summed E-state index contributed by atoms with van der Waals surface area (Å²) in [6, 6.07) is 0. The first-order chi connectivity index (χ1) is 7.61. The lowest BCUT2D eigenvalue weighted by atomic mass is 10.2. The van der Waals surface area contributed by atoms with Gasteiger partial charge in [-0.1, -0.05) is 12.2 Å². The predicted molar refractivity (Wildman–Crippen MR) is 61.8 cm³/mol. The third-order valence-electron chi connectivity index (χ3n) is 2.39. The zero-order valence-electron chi connectivity index (χ0n) is 8.24. The molecule has 1 fully saturated rings. The summed E-state index contributed by atoms with van der Waals surface area (Å²) in [5.74, 6) is 0. The summed E-state index contributed by atoms with van der Waals surface area (Å²) in [6.45, 7) is -0.111. The van der Waals surface area contributed by atoms with Crippen molar-refractivity contribution in [2.45, 2.75) is 23.1 Å². The van der Waals surface area contributed by atoms with E-state index in [1.54, 1.807) is 0 Å². The van der Waals surface area contributed by atoms with Gasteiger partial charge in [-0.15, -0.1) is 11.8 Å². The molecular formula is C8H11N3O3S2. The lowest BCUT2D eigenvalue weighted by molar-refractivity contribution is 0.136. The summed E-state index contributed by atoms with van der Waals surface area (Å²) < 4.78 is 1.53. The molecule has 0 spiro atoms. The lowest BCUT2D eigenvalue weighted by Crippen LogP contribution is -2.27. The first-order valence-electron chi connectivity index (χ1n) is 4.74. The van der Waals surface area contributed by atoms with Crippen molar-refractivity contribution >= 4 is 24.0 Å². The van der Waals surface area contributed by atoms with Gasteiger partial charge in [0.1, 0.15) is 10.0 Å². The second-order valence-electron chi connectivity index (χ2n) is 3.50. The Balaban J connectivity index is 2.27. The highest BCUT2D eigenvalue weighted by atomic mass is 32.2. The number of aromatic nitrogens is 3. The van der Waals surface area contributed by atoms with Crippen LogP contribution in [-0.2, 0) is 0 Å². The van der Waals surface area contributed by atoms with Gasteiger partial charge in [0, 0.05) is 6.42 Å². The molecule has 0 unspecified atom stereocenters. The van der Waals surface area contributed by atoms with Gasteiger partial charge >= 0.3 is 5.69 Å². The number of rotatable bonds is 2. The number of nitrogens with zero attached hydrogens (tertiary/aromatic N) is 2. The van der Waals surface area contributed by atoms with Crippen LogP contribution in [0.2, 0.25) is 0 Å². The molecule has 16 heavy (non-hydrogen) atoms. The monoisotopic (exact) mass is 261 g/mol. The Bertz CT molecular complexity index is 486. The second kappa shape index (κ2) is 4.66. The minimum Gasteiger partial charge on any atom is -0.395 e. The van der Waals surface area contributed by atoms with E-state index in [0.29, 0.717) is 6.42 Å². The molecule has 0 saturated carbocycles. The van der Waals surface area contributed by atoms with Crippen LogP contribution in [0.5, 0.6) is 0 Å². The molecule has 1 aliphatic heterocycles. The number of nitrogens with one attached hydrogen (secondary N) is 1. The van der Waals surface area contributed by atoms with Gasteiger partial charge in [0.15, 0.2) is 0 Å². The molecule has 1 saturated heterocycles. The molecule has 1 aromatic rings. The Morgan fingerprint density at radius 3 is 3.06 bits per heavy atom.